The number of halogens is 1. The lowest BCUT2D eigenvalue weighted by Gasteiger charge is -2.20. The molecule has 1 aliphatic rings. The van der Waals surface area contributed by atoms with Gasteiger partial charge in [0.2, 0.25) is 0 Å². The molecule has 3 aromatic rings. The number of hydrogen-bond acceptors (Lipinski definition) is 7. The standard InChI is InChI=1S/C20H24FN5O5S2/c1-23-18(27)13-7-11-12(8-26(3)19(28)15(11)24-13)17-16(14(21)20(32-17)33(22,29)30)31-9-10-5-4-6-25(10)2/h7-8,10,24H,4-6,9H2,1-3H3,(H,23,27)(H2,22,29,30). The number of pyridine rings is 1. The average molecular weight is 498 g/mol. The number of aryl methyl sites for hydroxylation is 1. The molecule has 13 heteroatoms. The number of carbonyl (C=O) groups excluding carboxylic acids is 1. The van der Waals surface area contributed by atoms with Gasteiger partial charge in [0.25, 0.3) is 21.5 Å². The molecular formula is C20H24FN5O5S2. The Morgan fingerprint density at radius 3 is 2.76 bits per heavy atom. The van der Waals surface area contributed by atoms with Crippen molar-refractivity contribution >= 4 is 38.2 Å². The minimum atomic E-state index is -4.36. The van der Waals surface area contributed by atoms with Crippen LogP contribution in [0, 0.1) is 5.82 Å². The van der Waals surface area contributed by atoms with Gasteiger partial charge in [-0.15, -0.1) is 11.3 Å². The minimum absolute atomic E-state index is 0.0577. The first-order valence-electron chi connectivity index (χ1n) is 10.2. The van der Waals surface area contributed by atoms with Gasteiger partial charge in [-0.2, -0.15) is 0 Å². The van der Waals surface area contributed by atoms with E-state index in [1.54, 1.807) is 0 Å². The Labute approximate surface area is 193 Å². The van der Waals surface area contributed by atoms with Gasteiger partial charge in [0.05, 0.1) is 4.88 Å². The van der Waals surface area contributed by atoms with Gasteiger partial charge in [-0.05, 0) is 32.5 Å². The molecule has 10 nitrogen and oxygen atoms in total. The molecule has 1 atom stereocenters. The molecule has 4 rings (SSSR count). The maximum Gasteiger partial charge on any atom is 0.274 e. The summed E-state index contributed by atoms with van der Waals surface area (Å²) in [5.74, 6) is -1.75. The van der Waals surface area contributed by atoms with Crippen LogP contribution in [0.1, 0.15) is 23.3 Å². The highest BCUT2D eigenvalue weighted by Gasteiger charge is 2.31. The summed E-state index contributed by atoms with van der Waals surface area (Å²) in [6.07, 6.45) is 3.31. The fraction of sp³-hybridized carbons (Fsp3) is 0.400. The van der Waals surface area contributed by atoms with Crippen LogP contribution >= 0.6 is 11.3 Å². The molecule has 4 N–H and O–H groups in total. The molecule has 1 fully saturated rings. The quantitative estimate of drug-likeness (QED) is 0.468. The van der Waals surface area contributed by atoms with Crippen molar-refractivity contribution in [3.8, 4) is 16.2 Å². The third kappa shape index (κ3) is 4.16. The van der Waals surface area contributed by atoms with Crippen LogP contribution < -0.4 is 20.8 Å². The highest BCUT2D eigenvalue weighted by atomic mass is 32.2. The fourth-order valence-corrected chi connectivity index (χ4v) is 5.95. The van der Waals surface area contributed by atoms with Crippen molar-refractivity contribution in [2.75, 3.05) is 27.2 Å². The lowest BCUT2D eigenvalue weighted by Crippen LogP contribution is -2.30. The Kier molecular flexibility index (Phi) is 6.07. The van der Waals surface area contributed by atoms with Crippen LogP contribution in [0.5, 0.6) is 5.75 Å². The number of nitrogens with zero attached hydrogens (tertiary/aromatic N) is 2. The monoisotopic (exact) mass is 497 g/mol. The molecule has 1 aliphatic heterocycles. The number of sulfonamides is 1. The maximum absolute atomic E-state index is 15.3. The number of rotatable bonds is 6. The Hall–Kier alpha value is -2.74. The second kappa shape index (κ2) is 8.56. The van der Waals surface area contributed by atoms with Gasteiger partial charge >= 0.3 is 0 Å². The molecule has 0 saturated carbocycles. The number of thiophene rings is 1. The van der Waals surface area contributed by atoms with E-state index in [2.05, 4.69) is 15.2 Å². The predicted octanol–water partition coefficient (Wildman–Crippen LogP) is 1.21. The Morgan fingerprint density at radius 2 is 2.15 bits per heavy atom. The summed E-state index contributed by atoms with van der Waals surface area (Å²) in [6.45, 7) is 1.05. The SMILES string of the molecule is CNC(=O)c1cc2c(-c3sc(S(N)(=O)=O)c(F)c3OCC3CCCN3C)cn(C)c(=O)c2[nH]1. The van der Waals surface area contributed by atoms with E-state index in [9.17, 15) is 18.0 Å². The molecule has 0 aromatic carbocycles. The topological polar surface area (TPSA) is 140 Å². The van der Waals surface area contributed by atoms with Crippen molar-refractivity contribution in [2.45, 2.75) is 23.1 Å². The van der Waals surface area contributed by atoms with E-state index in [1.807, 2.05) is 7.05 Å². The van der Waals surface area contributed by atoms with Crippen LogP contribution in [0.4, 0.5) is 4.39 Å². The average Bonchev–Trinajstić information content (AvgIpc) is 3.46. The number of fused-ring (bicyclic) bond motifs is 1. The van der Waals surface area contributed by atoms with Crippen LogP contribution in [0.15, 0.2) is 21.3 Å². The smallest absolute Gasteiger partial charge is 0.274 e. The minimum Gasteiger partial charge on any atom is -0.487 e. The predicted molar refractivity (Wildman–Crippen MR) is 123 cm³/mol. The van der Waals surface area contributed by atoms with Crippen molar-refractivity contribution in [2.24, 2.45) is 12.2 Å². The number of nitrogens with two attached hydrogens (primary N) is 1. The third-order valence-corrected chi connectivity index (χ3v) is 8.43. The van der Waals surface area contributed by atoms with E-state index in [1.165, 1.54) is 30.9 Å². The number of primary sulfonamides is 1. The first-order valence-corrected chi connectivity index (χ1v) is 12.5. The van der Waals surface area contributed by atoms with E-state index in [0.717, 1.165) is 19.4 Å². The molecular weight excluding hydrogens is 473 g/mol. The molecule has 0 spiro atoms. The third-order valence-electron chi connectivity index (χ3n) is 5.81. The van der Waals surface area contributed by atoms with Gasteiger partial charge in [-0.1, -0.05) is 0 Å². The highest BCUT2D eigenvalue weighted by Crippen LogP contribution is 2.45. The van der Waals surface area contributed by atoms with Gasteiger partial charge in [0.1, 0.15) is 17.8 Å². The van der Waals surface area contributed by atoms with Crippen molar-refractivity contribution in [3.05, 3.63) is 34.1 Å². The first kappa shape index (κ1) is 23.4. The van der Waals surface area contributed by atoms with E-state index in [4.69, 9.17) is 9.88 Å². The number of likely N-dealkylation sites (tertiary alicyclic amines) is 1. The molecule has 0 radical (unpaired) electrons. The van der Waals surface area contributed by atoms with Crippen molar-refractivity contribution in [1.29, 1.82) is 0 Å². The van der Waals surface area contributed by atoms with Gasteiger partial charge < -0.3 is 24.5 Å². The zero-order valence-electron chi connectivity index (χ0n) is 18.3. The molecule has 4 heterocycles. The van der Waals surface area contributed by atoms with Crippen LogP contribution in [0.2, 0.25) is 0 Å². The Bertz CT molecular complexity index is 1410. The Morgan fingerprint density at radius 1 is 1.42 bits per heavy atom. The second-order valence-electron chi connectivity index (χ2n) is 8.00. The summed E-state index contributed by atoms with van der Waals surface area (Å²) >= 11 is 0.626. The number of H-pyrrole nitrogens is 1. The molecule has 1 saturated heterocycles. The van der Waals surface area contributed by atoms with Crippen molar-refractivity contribution in [3.63, 3.8) is 0 Å². The number of nitrogens with one attached hydrogen (secondary N) is 2. The van der Waals surface area contributed by atoms with Gasteiger partial charge in [0.15, 0.2) is 15.8 Å². The zero-order chi connectivity index (χ0) is 24.1. The van der Waals surface area contributed by atoms with Crippen molar-refractivity contribution in [1.82, 2.24) is 19.8 Å². The summed E-state index contributed by atoms with van der Waals surface area (Å²) < 4.78 is 45.8. The van der Waals surface area contributed by atoms with Crippen LogP contribution in [0.25, 0.3) is 21.3 Å². The number of hydrogen-bond donors (Lipinski definition) is 3. The van der Waals surface area contributed by atoms with E-state index in [-0.39, 0.29) is 34.5 Å². The van der Waals surface area contributed by atoms with Gasteiger partial charge in [-0.3, -0.25) is 9.59 Å². The molecule has 33 heavy (non-hydrogen) atoms. The number of ether oxygens (including phenoxy) is 1. The fourth-order valence-electron chi connectivity index (χ4n) is 4.01. The summed E-state index contributed by atoms with van der Waals surface area (Å²) in [7, 11) is 0.535. The summed E-state index contributed by atoms with van der Waals surface area (Å²) in [5.41, 5.74) is 0.201. The van der Waals surface area contributed by atoms with Crippen LogP contribution in [-0.4, -0.2) is 62.1 Å². The molecule has 0 bridgehead atoms. The largest absolute Gasteiger partial charge is 0.487 e. The number of carbonyl (C=O) groups is 1. The molecule has 3 aromatic heterocycles. The number of aromatic amines is 1. The van der Waals surface area contributed by atoms with Crippen LogP contribution in [0.3, 0.4) is 0 Å². The number of likely N-dealkylation sites (N-methyl/N-ethyl adjacent to an activating group) is 1. The molecule has 1 unspecified atom stereocenters. The highest BCUT2D eigenvalue weighted by molar-refractivity contribution is 7.91. The van der Waals surface area contributed by atoms with E-state index in [0.29, 0.717) is 22.3 Å². The first-order chi connectivity index (χ1) is 15.5. The van der Waals surface area contributed by atoms with Crippen molar-refractivity contribution < 1.29 is 22.3 Å². The Balaban J connectivity index is 1.92. The van der Waals surface area contributed by atoms with E-state index < -0.39 is 31.5 Å². The molecule has 0 aliphatic carbocycles. The summed E-state index contributed by atoms with van der Waals surface area (Å²) in [5, 5.41) is 8.06. The molecule has 178 valence electrons. The van der Waals surface area contributed by atoms with Gasteiger partial charge in [0, 0.05) is 37.3 Å². The summed E-state index contributed by atoms with van der Waals surface area (Å²) in [4.78, 5) is 29.9. The zero-order valence-corrected chi connectivity index (χ0v) is 19.9. The summed E-state index contributed by atoms with van der Waals surface area (Å²) in [6, 6.07) is 1.52. The second-order valence-corrected chi connectivity index (χ2v) is 10.8. The number of aromatic nitrogens is 2. The lowest BCUT2D eigenvalue weighted by molar-refractivity contribution is 0.0959. The van der Waals surface area contributed by atoms with E-state index >= 15 is 4.39 Å². The lowest BCUT2D eigenvalue weighted by atomic mass is 10.1. The van der Waals surface area contributed by atoms with Crippen LogP contribution in [-0.2, 0) is 17.1 Å². The maximum atomic E-state index is 15.3. The molecule has 1 amide bonds. The normalized spacial score (nSPS) is 17.1. The van der Waals surface area contributed by atoms with Gasteiger partial charge in [-0.25, -0.2) is 17.9 Å². The number of amides is 1.